The summed E-state index contributed by atoms with van der Waals surface area (Å²) < 4.78 is 13.4. The third kappa shape index (κ3) is 4.69. The van der Waals surface area contributed by atoms with Gasteiger partial charge in [0.25, 0.3) is 0 Å². The molecule has 0 radical (unpaired) electrons. The topological polar surface area (TPSA) is 46.2 Å². The maximum Gasteiger partial charge on any atom is 0.138 e. The summed E-state index contributed by atoms with van der Waals surface area (Å²) in [5.41, 5.74) is 6.64. The molecular weight excluding hydrogens is 249 g/mol. The van der Waals surface area contributed by atoms with Crippen molar-refractivity contribution in [3.63, 3.8) is 0 Å². The molecule has 0 aliphatic carbocycles. The third-order valence-corrected chi connectivity index (χ3v) is 3.97. The van der Waals surface area contributed by atoms with Gasteiger partial charge in [-0.2, -0.15) is 11.8 Å². The summed E-state index contributed by atoms with van der Waals surface area (Å²) in [5, 5.41) is 9.54. The molecule has 0 heterocycles. The molecule has 1 aromatic rings. The molecule has 3 N–H and O–H groups in total. The van der Waals surface area contributed by atoms with Crippen LogP contribution in [0.2, 0.25) is 0 Å². The van der Waals surface area contributed by atoms with Crippen LogP contribution in [0.25, 0.3) is 0 Å². The normalized spacial score (nSPS) is 13.6. The average Bonchev–Trinajstić information content (AvgIpc) is 2.35. The molecule has 1 aromatic carbocycles. The molecule has 0 aliphatic heterocycles. The van der Waals surface area contributed by atoms with Gasteiger partial charge < -0.3 is 10.8 Å². The molecule has 2 unspecified atom stereocenters. The summed E-state index contributed by atoms with van der Waals surface area (Å²) in [7, 11) is 0. The summed E-state index contributed by atoms with van der Waals surface area (Å²) in [5.74, 6) is 5.76. The Balaban J connectivity index is 2.73. The molecule has 2 nitrogen and oxygen atoms in total. The number of aliphatic hydroxyl groups excluding tert-OH is 1. The zero-order chi connectivity index (χ0) is 13.5. The van der Waals surface area contributed by atoms with Gasteiger partial charge in [-0.15, -0.1) is 0 Å². The fourth-order valence-electron chi connectivity index (χ4n) is 1.27. The van der Waals surface area contributed by atoms with Gasteiger partial charge in [-0.25, -0.2) is 4.39 Å². The van der Waals surface area contributed by atoms with Crippen LogP contribution in [0.1, 0.15) is 25.0 Å². The highest BCUT2D eigenvalue weighted by molar-refractivity contribution is 7.99. The first-order chi connectivity index (χ1) is 8.54. The quantitative estimate of drug-likeness (QED) is 0.822. The van der Waals surface area contributed by atoms with E-state index in [-0.39, 0.29) is 23.7 Å². The monoisotopic (exact) mass is 267 g/mol. The standard InChI is InChI=1S/C14H18FNOS/c1-10(17)11(2)18-9-12-5-6-14(15)13(8-12)4-3-7-16/h5-6,8,10-11,17H,7,9,16H2,1-2H3. The van der Waals surface area contributed by atoms with E-state index in [9.17, 15) is 9.50 Å². The average molecular weight is 267 g/mol. The summed E-state index contributed by atoms with van der Waals surface area (Å²) in [6.07, 6.45) is -0.355. The Morgan fingerprint density at radius 2 is 2.17 bits per heavy atom. The van der Waals surface area contributed by atoms with Crippen molar-refractivity contribution in [3.05, 3.63) is 35.1 Å². The lowest BCUT2D eigenvalue weighted by atomic mass is 10.1. The molecule has 98 valence electrons. The molecule has 0 aromatic heterocycles. The van der Waals surface area contributed by atoms with Gasteiger partial charge in [0.05, 0.1) is 18.2 Å². The lowest BCUT2D eigenvalue weighted by molar-refractivity contribution is 0.196. The van der Waals surface area contributed by atoms with Gasteiger partial charge in [0, 0.05) is 11.0 Å². The Bertz CT molecular complexity index is 451. The van der Waals surface area contributed by atoms with Crippen LogP contribution >= 0.6 is 11.8 Å². The second-order valence-corrected chi connectivity index (χ2v) is 5.44. The predicted octanol–water partition coefficient (Wildman–Crippen LogP) is 2.14. The van der Waals surface area contributed by atoms with E-state index in [2.05, 4.69) is 11.8 Å². The van der Waals surface area contributed by atoms with Gasteiger partial charge in [-0.05, 0) is 24.6 Å². The van der Waals surface area contributed by atoms with E-state index in [0.717, 1.165) is 11.3 Å². The maximum atomic E-state index is 13.4. The first-order valence-electron chi connectivity index (χ1n) is 5.81. The number of halogens is 1. The van der Waals surface area contributed by atoms with Crippen LogP contribution in [0.15, 0.2) is 18.2 Å². The number of hydrogen-bond acceptors (Lipinski definition) is 3. The van der Waals surface area contributed by atoms with Crippen molar-refractivity contribution in [2.75, 3.05) is 6.54 Å². The smallest absolute Gasteiger partial charge is 0.138 e. The largest absolute Gasteiger partial charge is 0.392 e. The molecule has 1 rings (SSSR count). The molecule has 0 saturated heterocycles. The van der Waals surface area contributed by atoms with Crippen LogP contribution in [0.5, 0.6) is 0 Å². The molecule has 4 heteroatoms. The molecule has 0 saturated carbocycles. The van der Waals surface area contributed by atoms with Crippen molar-refractivity contribution >= 4 is 11.8 Å². The van der Waals surface area contributed by atoms with Crippen LogP contribution in [-0.2, 0) is 5.75 Å². The highest BCUT2D eigenvalue weighted by Gasteiger charge is 2.09. The summed E-state index contributed by atoms with van der Waals surface area (Å²) >= 11 is 1.63. The fraction of sp³-hybridized carbons (Fsp3) is 0.429. The van der Waals surface area contributed by atoms with Crippen LogP contribution in [0, 0.1) is 17.7 Å². The summed E-state index contributed by atoms with van der Waals surface area (Å²) in [6, 6.07) is 4.90. The number of thioether (sulfide) groups is 1. The van der Waals surface area contributed by atoms with Crippen molar-refractivity contribution in [2.45, 2.75) is 31.0 Å². The van der Waals surface area contributed by atoms with Crippen LogP contribution in [0.3, 0.4) is 0 Å². The second kappa shape index (κ2) is 7.42. The SMILES string of the molecule is CC(O)C(C)SCc1ccc(F)c(C#CCN)c1. The highest BCUT2D eigenvalue weighted by Crippen LogP contribution is 2.21. The Morgan fingerprint density at radius 1 is 1.44 bits per heavy atom. The summed E-state index contributed by atoms with van der Waals surface area (Å²) in [4.78, 5) is 0. The molecule has 0 bridgehead atoms. The number of aliphatic hydroxyl groups is 1. The zero-order valence-corrected chi connectivity index (χ0v) is 11.4. The molecule has 0 fully saturated rings. The van der Waals surface area contributed by atoms with Gasteiger partial charge in [0.2, 0.25) is 0 Å². The molecule has 0 amide bonds. The summed E-state index contributed by atoms with van der Waals surface area (Å²) in [6.45, 7) is 3.95. The zero-order valence-electron chi connectivity index (χ0n) is 10.6. The molecule has 2 atom stereocenters. The second-order valence-electron chi connectivity index (χ2n) is 4.08. The van der Waals surface area contributed by atoms with E-state index < -0.39 is 0 Å². The van der Waals surface area contributed by atoms with Crippen molar-refractivity contribution in [1.82, 2.24) is 0 Å². The van der Waals surface area contributed by atoms with Gasteiger partial charge in [-0.1, -0.05) is 24.8 Å². The lowest BCUT2D eigenvalue weighted by Gasteiger charge is -2.14. The number of nitrogens with two attached hydrogens (primary N) is 1. The van der Waals surface area contributed by atoms with Gasteiger partial charge in [0.1, 0.15) is 5.82 Å². The van der Waals surface area contributed by atoms with Crippen molar-refractivity contribution in [3.8, 4) is 11.8 Å². The van der Waals surface area contributed by atoms with E-state index in [1.54, 1.807) is 30.8 Å². The Labute approximate surface area is 112 Å². The number of benzene rings is 1. The minimum absolute atomic E-state index is 0.147. The Morgan fingerprint density at radius 3 is 2.78 bits per heavy atom. The Hall–Kier alpha value is -1.02. The van der Waals surface area contributed by atoms with Gasteiger partial charge in [-0.3, -0.25) is 0 Å². The number of rotatable bonds is 4. The van der Waals surface area contributed by atoms with Crippen molar-refractivity contribution in [2.24, 2.45) is 5.73 Å². The van der Waals surface area contributed by atoms with Crippen LogP contribution in [-0.4, -0.2) is 23.0 Å². The van der Waals surface area contributed by atoms with E-state index >= 15 is 0 Å². The van der Waals surface area contributed by atoms with E-state index in [0.29, 0.717) is 5.56 Å². The molecule has 0 spiro atoms. The van der Waals surface area contributed by atoms with Crippen LogP contribution < -0.4 is 5.73 Å². The molecule has 0 aliphatic rings. The van der Waals surface area contributed by atoms with E-state index in [1.165, 1.54) is 6.07 Å². The van der Waals surface area contributed by atoms with E-state index in [4.69, 9.17) is 5.73 Å². The lowest BCUT2D eigenvalue weighted by Crippen LogP contribution is -2.15. The van der Waals surface area contributed by atoms with Crippen LogP contribution in [0.4, 0.5) is 4.39 Å². The third-order valence-electron chi connectivity index (χ3n) is 2.55. The van der Waals surface area contributed by atoms with E-state index in [1.807, 2.05) is 6.92 Å². The molecule has 18 heavy (non-hydrogen) atoms. The fourth-order valence-corrected chi connectivity index (χ4v) is 2.18. The van der Waals surface area contributed by atoms with Crippen molar-refractivity contribution in [1.29, 1.82) is 0 Å². The first kappa shape index (κ1) is 15.0. The number of hydrogen-bond donors (Lipinski definition) is 2. The van der Waals surface area contributed by atoms with Gasteiger partial charge in [0.15, 0.2) is 0 Å². The Kier molecular flexibility index (Phi) is 6.20. The maximum absolute atomic E-state index is 13.4. The molecular formula is C14H18FNOS. The predicted molar refractivity (Wildman–Crippen MR) is 74.8 cm³/mol. The van der Waals surface area contributed by atoms with Gasteiger partial charge >= 0.3 is 0 Å². The highest BCUT2D eigenvalue weighted by atomic mass is 32.2. The minimum atomic E-state index is -0.355. The first-order valence-corrected chi connectivity index (χ1v) is 6.86. The minimum Gasteiger partial charge on any atom is -0.392 e. The van der Waals surface area contributed by atoms with Crippen molar-refractivity contribution < 1.29 is 9.50 Å².